The van der Waals surface area contributed by atoms with Gasteiger partial charge in [-0.25, -0.2) is 0 Å². The maximum atomic E-state index is 5.43. The lowest BCUT2D eigenvalue weighted by molar-refractivity contribution is 0.0766. The molecule has 3 rings (SSSR count). The number of aromatic nitrogens is 1. The maximum absolute atomic E-state index is 5.43. The first-order chi connectivity index (χ1) is 8.93. The van der Waals surface area contributed by atoms with Gasteiger partial charge in [0.05, 0.1) is 13.2 Å². The van der Waals surface area contributed by atoms with Gasteiger partial charge in [-0.05, 0) is 11.6 Å². The smallest absolute Gasteiger partial charge is 0.0632 e. The van der Waals surface area contributed by atoms with Crippen molar-refractivity contribution in [2.75, 3.05) is 26.3 Å². The Hall–Kier alpha value is -1.36. The molecule has 1 aliphatic heterocycles. The zero-order valence-corrected chi connectivity index (χ0v) is 10.4. The van der Waals surface area contributed by atoms with Crippen molar-refractivity contribution in [3.63, 3.8) is 0 Å². The highest BCUT2D eigenvalue weighted by Gasteiger charge is 2.12. The first-order valence-corrected chi connectivity index (χ1v) is 6.50. The predicted molar refractivity (Wildman–Crippen MR) is 72.6 cm³/mol. The van der Waals surface area contributed by atoms with E-state index in [1.54, 1.807) is 0 Å². The van der Waals surface area contributed by atoms with E-state index < -0.39 is 0 Å². The number of para-hydroxylation sites is 1. The van der Waals surface area contributed by atoms with Crippen LogP contribution in [0, 0.1) is 0 Å². The first-order valence-electron chi connectivity index (χ1n) is 6.50. The maximum Gasteiger partial charge on any atom is 0.0632 e. The fourth-order valence-electron chi connectivity index (χ4n) is 2.41. The summed E-state index contributed by atoms with van der Waals surface area (Å²) in [6.45, 7) is 4.43. The fraction of sp³-hybridized carbons (Fsp3) is 0.429. The number of benzene rings is 1. The van der Waals surface area contributed by atoms with E-state index in [1.807, 2.05) is 0 Å². The standard InChI is InChI=1S/C14H19N3O/c1-2-4-14-13(3-1)11(8-17-14)7-15-9-12-10-18-6-5-16-12/h1-4,8,12,15-17H,5-7,9-10H2. The minimum atomic E-state index is 0.434. The number of ether oxygens (including phenoxy) is 1. The molecule has 3 N–H and O–H groups in total. The van der Waals surface area contributed by atoms with Crippen LogP contribution in [0.25, 0.3) is 10.9 Å². The molecule has 18 heavy (non-hydrogen) atoms. The molecule has 0 aliphatic carbocycles. The lowest BCUT2D eigenvalue weighted by Gasteiger charge is -2.23. The van der Waals surface area contributed by atoms with Crippen LogP contribution in [0.15, 0.2) is 30.5 Å². The van der Waals surface area contributed by atoms with Crippen LogP contribution in [0.3, 0.4) is 0 Å². The molecule has 96 valence electrons. The molecule has 0 radical (unpaired) electrons. The Morgan fingerprint density at radius 3 is 3.17 bits per heavy atom. The molecule has 2 aromatic rings. The largest absolute Gasteiger partial charge is 0.378 e. The normalized spacial score (nSPS) is 20.3. The molecule has 1 fully saturated rings. The summed E-state index contributed by atoms with van der Waals surface area (Å²) in [4.78, 5) is 3.30. The third-order valence-electron chi connectivity index (χ3n) is 3.38. The zero-order chi connectivity index (χ0) is 12.2. The van der Waals surface area contributed by atoms with Gasteiger partial charge in [0.1, 0.15) is 0 Å². The number of fused-ring (bicyclic) bond motifs is 1. The number of hydrogen-bond donors (Lipinski definition) is 3. The van der Waals surface area contributed by atoms with Crippen LogP contribution < -0.4 is 10.6 Å². The third kappa shape index (κ3) is 2.56. The molecule has 1 aromatic carbocycles. The van der Waals surface area contributed by atoms with E-state index in [9.17, 15) is 0 Å². The Morgan fingerprint density at radius 1 is 1.33 bits per heavy atom. The van der Waals surface area contributed by atoms with Crippen molar-refractivity contribution in [3.05, 3.63) is 36.0 Å². The average Bonchev–Trinajstić information content (AvgIpc) is 2.84. The van der Waals surface area contributed by atoms with Crippen molar-refractivity contribution in [3.8, 4) is 0 Å². The first kappa shape index (κ1) is 11.7. The Balaban J connectivity index is 1.56. The van der Waals surface area contributed by atoms with Gasteiger partial charge < -0.3 is 20.4 Å². The lowest BCUT2D eigenvalue weighted by atomic mass is 10.2. The molecule has 1 unspecified atom stereocenters. The van der Waals surface area contributed by atoms with E-state index in [2.05, 4.69) is 46.1 Å². The molecule has 0 spiro atoms. The second-order valence-corrected chi connectivity index (χ2v) is 4.72. The van der Waals surface area contributed by atoms with Crippen molar-refractivity contribution in [2.24, 2.45) is 0 Å². The van der Waals surface area contributed by atoms with E-state index in [0.29, 0.717) is 6.04 Å². The molecule has 2 heterocycles. The molecule has 1 aromatic heterocycles. The van der Waals surface area contributed by atoms with E-state index in [4.69, 9.17) is 4.74 Å². The average molecular weight is 245 g/mol. The lowest BCUT2D eigenvalue weighted by Crippen LogP contribution is -2.47. The van der Waals surface area contributed by atoms with Gasteiger partial charge in [0, 0.05) is 42.8 Å². The van der Waals surface area contributed by atoms with Gasteiger partial charge in [-0.1, -0.05) is 18.2 Å². The van der Waals surface area contributed by atoms with E-state index in [1.165, 1.54) is 16.5 Å². The summed E-state index contributed by atoms with van der Waals surface area (Å²) in [7, 11) is 0. The van der Waals surface area contributed by atoms with Crippen molar-refractivity contribution in [2.45, 2.75) is 12.6 Å². The summed E-state index contributed by atoms with van der Waals surface area (Å²) < 4.78 is 5.43. The van der Waals surface area contributed by atoms with Gasteiger partial charge >= 0.3 is 0 Å². The molecule has 4 nitrogen and oxygen atoms in total. The molecule has 1 atom stereocenters. The number of aromatic amines is 1. The Morgan fingerprint density at radius 2 is 2.28 bits per heavy atom. The summed E-state index contributed by atoms with van der Waals surface area (Å²) >= 11 is 0. The summed E-state index contributed by atoms with van der Waals surface area (Å²) in [5.74, 6) is 0. The second kappa shape index (κ2) is 5.52. The molecule has 4 heteroatoms. The van der Waals surface area contributed by atoms with Gasteiger partial charge in [-0.2, -0.15) is 0 Å². The Labute approximate surface area is 107 Å². The molecule has 1 aliphatic rings. The topological polar surface area (TPSA) is 49.1 Å². The molecule has 0 bridgehead atoms. The third-order valence-corrected chi connectivity index (χ3v) is 3.38. The summed E-state index contributed by atoms with van der Waals surface area (Å²) in [5, 5.41) is 8.23. The molecular weight excluding hydrogens is 226 g/mol. The predicted octanol–water partition coefficient (Wildman–Crippen LogP) is 1.25. The van der Waals surface area contributed by atoms with Crippen LogP contribution >= 0.6 is 0 Å². The monoisotopic (exact) mass is 245 g/mol. The van der Waals surface area contributed by atoms with Gasteiger partial charge in [-0.3, -0.25) is 0 Å². The molecule has 0 amide bonds. The summed E-state index contributed by atoms with van der Waals surface area (Å²) in [5.41, 5.74) is 2.52. The minimum absolute atomic E-state index is 0.434. The van der Waals surface area contributed by atoms with Crippen molar-refractivity contribution in [1.82, 2.24) is 15.6 Å². The van der Waals surface area contributed by atoms with Crippen LogP contribution in [0.5, 0.6) is 0 Å². The van der Waals surface area contributed by atoms with Crippen molar-refractivity contribution < 1.29 is 4.74 Å². The number of morpholine rings is 1. The number of hydrogen-bond acceptors (Lipinski definition) is 3. The van der Waals surface area contributed by atoms with E-state index in [-0.39, 0.29) is 0 Å². The van der Waals surface area contributed by atoms with Crippen LogP contribution in [0.2, 0.25) is 0 Å². The van der Waals surface area contributed by atoms with E-state index >= 15 is 0 Å². The Bertz CT molecular complexity index is 502. The molecular formula is C14H19N3O. The van der Waals surface area contributed by atoms with Crippen LogP contribution in [-0.2, 0) is 11.3 Å². The highest BCUT2D eigenvalue weighted by Crippen LogP contribution is 2.17. The van der Waals surface area contributed by atoms with Gasteiger partial charge in [0.25, 0.3) is 0 Å². The van der Waals surface area contributed by atoms with Crippen LogP contribution in [0.1, 0.15) is 5.56 Å². The highest BCUT2D eigenvalue weighted by molar-refractivity contribution is 5.82. The molecule has 1 saturated heterocycles. The zero-order valence-electron chi connectivity index (χ0n) is 10.4. The van der Waals surface area contributed by atoms with Gasteiger partial charge in [0.15, 0.2) is 0 Å². The fourth-order valence-corrected chi connectivity index (χ4v) is 2.41. The molecule has 0 saturated carbocycles. The second-order valence-electron chi connectivity index (χ2n) is 4.72. The number of nitrogens with one attached hydrogen (secondary N) is 3. The Kier molecular flexibility index (Phi) is 3.59. The van der Waals surface area contributed by atoms with E-state index in [0.717, 1.165) is 32.8 Å². The van der Waals surface area contributed by atoms with Crippen molar-refractivity contribution >= 4 is 10.9 Å². The van der Waals surface area contributed by atoms with Crippen molar-refractivity contribution in [1.29, 1.82) is 0 Å². The highest BCUT2D eigenvalue weighted by atomic mass is 16.5. The minimum Gasteiger partial charge on any atom is -0.378 e. The quantitative estimate of drug-likeness (QED) is 0.759. The SMILES string of the molecule is c1ccc2c(CNCC3COCCN3)c[nH]c2c1. The van der Waals surface area contributed by atoms with Gasteiger partial charge in [-0.15, -0.1) is 0 Å². The number of rotatable bonds is 4. The van der Waals surface area contributed by atoms with Crippen LogP contribution in [0.4, 0.5) is 0 Å². The summed E-state index contributed by atoms with van der Waals surface area (Å²) in [6, 6.07) is 8.83. The van der Waals surface area contributed by atoms with Gasteiger partial charge in [0.2, 0.25) is 0 Å². The number of H-pyrrole nitrogens is 1. The van der Waals surface area contributed by atoms with Crippen LogP contribution in [-0.4, -0.2) is 37.3 Å². The summed E-state index contributed by atoms with van der Waals surface area (Å²) in [6.07, 6.45) is 2.09.